The lowest BCUT2D eigenvalue weighted by Gasteiger charge is -2.08. The van der Waals surface area contributed by atoms with E-state index in [-0.39, 0.29) is 10.7 Å². The Labute approximate surface area is 108 Å². The number of anilines is 1. The Kier molecular flexibility index (Phi) is 4.62. The average molecular weight is 298 g/mol. The summed E-state index contributed by atoms with van der Waals surface area (Å²) in [4.78, 5) is 10.3. The molecule has 94 valence electrons. The summed E-state index contributed by atoms with van der Waals surface area (Å²) in [5.41, 5.74) is 0.168. The Hall–Kier alpha value is -0.980. The number of aliphatic carboxylic acids is 1. The fourth-order valence-electron chi connectivity index (χ4n) is 1.01. The molecule has 0 unspecified atom stereocenters. The molecule has 17 heavy (non-hydrogen) atoms. The van der Waals surface area contributed by atoms with Crippen LogP contribution in [-0.4, -0.2) is 25.2 Å². The van der Waals surface area contributed by atoms with Crippen molar-refractivity contribution in [2.24, 2.45) is 0 Å². The van der Waals surface area contributed by atoms with Gasteiger partial charge < -0.3 is 5.11 Å². The van der Waals surface area contributed by atoms with Gasteiger partial charge in [-0.1, -0.05) is 23.2 Å². The molecule has 0 aromatic heterocycles. The zero-order valence-corrected chi connectivity index (χ0v) is 10.8. The van der Waals surface area contributed by atoms with Crippen LogP contribution in [0.2, 0.25) is 10.0 Å². The van der Waals surface area contributed by atoms with Crippen LogP contribution in [0.1, 0.15) is 6.42 Å². The van der Waals surface area contributed by atoms with Gasteiger partial charge in [-0.05, 0) is 18.2 Å². The van der Waals surface area contributed by atoms with E-state index in [1.165, 1.54) is 18.2 Å². The van der Waals surface area contributed by atoms with Crippen molar-refractivity contribution in [2.45, 2.75) is 6.42 Å². The van der Waals surface area contributed by atoms with Crippen molar-refractivity contribution in [1.82, 2.24) is 0 Å². The Balaban J connectivity index is 2.79. The summed E-state index contributed by atoms with van der Waals surface area (Å²) in [5, 5.41) is 8.93. The van der Waals surface area contributed by atoms with Gasteiger partial charge in [0.15, 0.2) is 0 Å². The molecule has 0 bridgehead atoms. The maximum absolute atomic E-state index is 11.5. The molecule has 8 heteroatoms. The van der Waals surface area contributed by atoms with E-state index in [4.69, 9.17) is 28.3 Å². The molecule has 5 nitrogen and oxygen atoms in total. The van der Waals surface area contributed by atoms with Gasteiger partial charge in [-0.3, -0.25) is 9.52 Å². The van der Waals surface area contributed by atoms with Crippen LogP contribution in [0.15, 0.2) is 18.2 Å². The number of halogens is 2. The highest BCUT2D eigenvalue weighted by molar-refractivity contribution is 7.92. The first-order valence-corrected chi connectivity index (χ1v) is 6.88. The smallest absolute Gasteiger partial charge is 0.304 e. The summed E-state index contributed by atoms with van der Waals surface area (Å²) < 4.78 is 25.1. The van der Waals surface area contributed by atoms with Gasteiger partial charge in [-0.2, -0.15) is 0 Å². The first-order chi connectivity index (χ1) is 7.80. The topological polar surface area (TPSA) is 83.5 Å². The van der Waals surface area contributed by atoms with Gasteiger partial charge in [0, 0.05) is 5.02 Å². The van der Waals surface area contributed by atoms with E-state index in [0.29, 0.717) is 5.02 Å². The third-order valence-corrected chi connectivity index (χ3v) is 3.60. The maximum Gasteiger partial charge on any atom is 0.304 e. The van der Waals surface area contributed by atoms with Crippen LogP contribution in [0, 0.1) is 0 Å². The summed E-state index contributed by atoms with van der Waals surface area (Å²) in [6.45, 7) is 0. The van der Waals surface area contributed by atoms with Gasteiger partial charge in [-0.15, -0.1) is 0 Å². The van der Waals surface area contributed by atoms with Crippen LogP contribution in [0.4, 0.5) is 5.69 Å². The first kappa shape index (κ1) is 14.1. The van der Waals surface area contributed by atoms with E-state index in [1.807, 2.05) is 0 Å². The van der Waals surface area contributed by atoms with E-state index in [1.54, 1.807) is 0 Å². The van der Waals surface area contributed by atoms with Crippen LogP contribution in [0.5, 0.6) is 0 Å². The normalized spacial score (nSPS) is 11.2. The lowest BCUT2D eigenvalue weighted by atomic mass is 10.3. The second kappa shape index (κ2) is 5.57. The Morgan fingerprint density at radius 1 is 1.35 bits per heavy atom. The molecule has 0 aliphatic rings. The second-order valence-corrected chi connectivity index (χ2v) is 5.87. The molecular weight excluding hydrogens is 289 g/mol. The highest BCUT2D eigenvalue weighted by atomic mass is 35.5. The molecule has 0 fully saturated rings. The molecule has 0 aliphatic carbocycles. The zero-order chi connectivity index (χ0) is 13.1. The minimum atomic E-state index is -3.72. The molecule has 0 saturated heterocycles. The molecule has 1 aromatic rings. The van der Waals surface area contributed by atoms with Crippen molar-refractivity contribution < 1.29 is 18.3 Å². The lowest BCUT2D eigenvalue weighted by Crippen LogP contribution is -2.19. The molecule has 0 spiro atoms. The van der Waals surface area contributed by atoms with Crippen molar-refractivity contribution in [3.05, 3.63) is 28.2 Å². The number of hydrogen-bond acceptors (Lipinski definition) is 3. The van der Waals surface area contributed by atoms with Crippen molar-refractivity contribution in [3.8, 4) is 0 Å². The van der Waals surface area contributed by atoms with Crippen LogP contribution in [0.3, 0.4) is 0 Å². The summed E-state index contributed by atoms with van der Waals surface area (Å²) >= 11 is 11.4. The van der Waals surface area contributed by atoms with Crippen molar-refractivity contribution in [3.63, 3.8) is 0 Å². The van der Waals surface area contributed by atoms with Crippen LogP contribution >= 0.6 is 23.2 Å². The fourth-order valence-corrected chi connectivity index (χ4v) is 2.58. The van der Waals surface area contributed by atoms with Gasteiger partial charge >= 0.3 is 5.97 Å². The molecule has 1 rings (SSSR count). The number of hydrogen-bond donors (Lipinski definition) is 2. The minimum Gasteiger partial charge on any atom is -0.481 e. The quantitative estimate of drug-likeness (QED) is 0.873. The monoisotopic (exact) mass is 297 g/mol. The van der Waals surface area contributed by atoms with Crippen molar-refractivity contribution in [2.75, 3.05) is 10.5 Å². The number of sulfonamides is 1. The Morgan fingerprint density at radius 3 is 2.53 bits per heavy atom. The summed E-state index contributed by atoms with van der Waals surface area (Å²) in [6.07, 6.45) is -0.472. The van der Waals surface area contributed by atoms with E-state index in [9.17, 15) is 13.2 Å². The number of carboxylic acid groups (broad SMARTS) is 1. The van der Waals surface area contributed by atoms with E-state index in [0.717, 1.165) is 0 Å². The van der Waals surface area contributed by atoms with Crippen molar-refractivity contribution >= 4 is 44.9 Å². The Morgan fingerprint density at radius 2 is 2.00 bits per heavy atom. The first-order valence-electron chi connectivity index (χ1n) is 4.47. The van der Waals surface area contributed by atoms with E-state index >= 15 is 0 Å². The highest BCUT2D eigenvalue weighted by Gasteiger charge is 2.14. The standard InChI is InChI=1S/C9H9Cl2NO4S/c10-6-1-2-8(7(11)5-6)12-17(15,16)4-3-9(13)14/h1-2,5,12H,3-4H2,(H,13,14). The number of rotatable bonds is 5. The maximum atomic E-state index is 11.5. The lowest BCUT2D eigenvalue weighted by molar-refractivity contribution is -0.136. The Bertz CT molecular complexity index is 530. The number of carbonyl (C=O) groups is 1. The third kappa shape index (κ3) is 4.80. The zero-order valence-electron chi connectivity index (χ0n) is 8.48. The van der Waals surface area contributed by atoms with Crippen LogP contribution < -0.4 is 4.72 Å². The average Bonchev–Trinajstić information content (AvgIpc) is 2.20. The van der Waals surface area contributed by atoms with Crippen LogP contribution in [-0.2, 0) is 14.8 Å². The highest BCUT2D eigenvalue weighted by Crippen LogP contribution is 2.26. The van der Waals surface area contributed by atoms with Gasteiger partial charge in [0.2, 0.25) is 10.0 Å². The van der Waals surface area contributed by atoms with Gasteiger partial charge in [0.05, 0.1) is 22.9 Å². The second-order valence-electron chi connectivity index (χ2n) is 3.19. The number of benzene rings is 1. The molecule has 0 aliphatic heterocycles. The SMILES string of the molecule is O=C(O)CCS(=O)(=O)Nc1ccc(Cl)cc1Cl. The largest absolute Gasteiger partial charge is 0.481 e. The molecule has 0 atom stereocenters. The minimum absolute atomic E-state index is 0.149. The molecule has 0 heterocycles. The molecule has 0 amide bonds. The predicted octanol–water partition coefficient (Wildman–Crippen LogP) is 2.21. The summed E-state index contributed by atoms with van der Waals surface area (Å²) in [6, 6.07) is 4.27. The molecule has 0 radical (unpaired) electrons. The molecule has 1 aromatic carbocycles. The van der Waals surface area contributed by atoms with E-state index < -0.39 is 28.2 Å². The molecule has 2 N–H and O–H groups in total. The summed E-state index contributed by atoms with van der Waals surface area (Å²) in [5.74, 6) is -1.70. The number of nitrogens with one attached hydrogen (secondary N) is 1. The van der Waals surface area contributed by atoms with Gasteiger partial charge in [0.1, 0.15) is 0 Å². The third-order valence-electron chi connectivity index (χ3n) is 1.78. The molecule has 0 saturated carbocycles. The predicted molar refractivity (Wildman–Crippen MR) is 66.1 cm³/mol. The summed E-state index contributed by atoms with van der Waals surface area (Å²) in [7, 11) is -3.72. The van der Waals surface area contributed by atoms with E-state index in [2.05, 4.69) is 4.72 Å². The van der Waals surface area contributed by atoms with Crippen LogP contribution in [0.25, 0.3) is 0 Å². The van der Waals surface area contributed by atoms with Gasteiger partial charge in [0.25, 0.3) is 0 Å². The molecular formula is C9H9Cl2NO4S. The van der Waals surface area contributed by atoms with Gasteiger partial charge in [-0.25, -0.2) is 8.42 Å². The fraction of sp³-hybridized carbons (Fsp3) is 0.222. The van der Waals surface area contributed by atoms with Crippen molar-refractivity contribution in [1.29, 1.82) is 0 Å². The number of carboxylic acids is 1.